The van der Waals surface area contributed by atoms with Crippen molar-refractivity contribution in [2.24, 2.45) is 11.8 Å². The van der Waals surface area contributed by atoms with Crippen LogP contribution in [-0.4, -0.2) is 34.2 Å². The lowest BCUT2D eigenvalue weighted by Crippen LogP contribution is -2.49. The van der Waals surface area contributed by atoms with Crippen LogP contribution in [-0.2, 0) is 17.8 Å². The lowest BCUT2D eigenvalue weighted by molar-refractivity contribution is -0.147. The molecule has 1 unspecified atom stereocenters. The monoisotopic (exact) mass is 521 g/mol. The summed E-state index contributed by atoms with van der Waals surface area (Å²) in [5.41, 5.74) is 6.84. The molecule has 1 aliphatic heterocycles. The Hall–Kier alpha value is -2.85. The number of allylic oxidation sites excluding steroid dienone is 1. The van der Waals surface area contributed by atoms with Crippen LogP contribution in [0, 0.1) is 18.8 Å². The molecule has 2 aromatic carbocycles. The Labute approximate surface area is 232 Å². The van der Waals surface area contributed by atoms with E-state index in [4.69, 9.17) is 5.11 Å². The number of benzene rings is 2. The third-order valence-corrected chi connectivity index (χ3v) is 6.81. The first-order chi connectivity index (χ1) is 18.2. The molecule has 210 valence electrons. The zero-order valence-electron chi connectivity index (χ0n) is 24.9. The molecule has 0 bridgehead atoms. The van der Waals surface area contributed by atoms with Gasteiger partial charge in [-0.05, 0) is 79.8 Å². The lowest BCUT2D eigenvalue weighted by Gasteiger charge is -2.36. The van der Waals surface area contributed by atoms with Crippen molar-refractivity contribution in [2.75, 3.05) is 13.1 Å². The number of carboxylic acids is 1. The van der Waals surface area contributed by atoms with E-state index in [1.807, 2.05) is 39.8 Å². The summed E-state index contributed by atoms with van der Waals surface area (Å²) in [5, 5.41) is 19.4. The van der Waals surface area contributed by atoms with E-state index in [0.29, 0.717) is 24.8 Å². The summed E-state index contributed by atoms with van der Waals surface area (Å²) in [7, 11) is 0. The molecule has 0 saturated carbocycles. The van der Waals surface area contributed by atoms with Crippen LogP contribution in [0.25, 0.3) is 12.2 Å². The Balaban J connectivity index is 0.00000172. The molecule has 3 rings (SSSR count). The molecule has 2 N–H and O–H groups in total. The fourth-order valence-corrected chi connectivity index (χ4v) is 4.52. The molecule has 1 saturated heterocycles. The van der Waals surface area contributed by atoms with Crippen LogP contribution >= 0.6 is 0 Å². The van der Waals surface area contributed by atoms with E-state index in [1.165, 1.54) is 35.1 Å². The van der Waals surface area contributed by atoms with Crippen molar-refractivity contribution in [3.8, 4) is 5.75 Å². The Kier molecular flexibility index (Phi) is 15.4. The Morgan fingerprint density at radius 2 is 1.66 bits per heavy atom. The second kappa shape index (κ2) is 17.6. The van der Waals surface area contributed by atoms with Gasteiger partial charge in [0.2, 0.25) is 0 Å². The van der Waals surface area contributed by atoms with Crippen molar-refractivity contribution >= 4 is 18.1 Å². The summed E-state index contributed by atoms with van der Waals surface area (Å²) in [6.07, 6.45) is 9.76. The first-order valence-corrected chi connectivity index (χ1v) is 14.4. The summed E-state index contributed by atoms with van der Waals surface area (Å²) in [6, 6.07) is 12.3. The number of aliphatic carboxylic acids is 1. The van der Waals surface area contributed by atoms with Crippen LogP contribution in [0.3, 0.4) is 0 Å². The number of phenols is 1. The highest BCUT2D eigenvalue weighted by Gasteiger charge is 2.32. The quantitative estimate of drug-likeness (QED) is 0.216. The Bertz CT molecular complexity index is 1030. The first-order valence-electron chi connectivity index (χ1n) is 14.4. The van der Waals surface area contributed by atoms with Crippen molar-refractivity contribution in [3.05, 3.63) is 76.4 Å². The Morgan fingerprint density at radius 3 is 2.26 bits per heavy atom. The van der Waals surface area contributed by atoms with Crippen LogP contribution < -0.4 is 0 Å². The molecule has 0 radical (unpaired) electrons. The van der Waals surface area contributed by atoms with Gasteiger partial charge in [-0.3, -0.25) is 9.69 Å². The van der Waals surface area contributed by atoms with Gasteiger partial charge in [0.25, 0.3) is 0 Å². The molecular weight excluding hydrogens is 470 g/mol. The minimum absolute atomic E-state index is 0.225. The molecule has 4 nitrogen and oxygen atoms in total. The van der Waals surface area contributed by atoms with Gasteiger partial charge >= 0.3 is 5.97 Å². The average molecular weight is 522 g/mol. The van der Waals surface area contributed by atoms with Crippen LogP contribution in [0.2, 0.25) is 0 Å². The maximum absolute atomic E-state index is 11.0. The van der Waals surface area contributed by atoms with Gasteiger partial charge < -0.3 is 10.2 Å². The summed E-state index contributed by atoms with van der Waals surface area (Å²) < 4.78 is 0. The molecule has 1 fully saturated rings. The van der Waals surface area contributed by atoms with Crippen LogP contribution in [0.4, 0.5) is 0 Å². The first kappa shape index (κ1) is 33.2. The number of nitrogens with zero attached hydrogens (tertiary/aromatic N) is 1. The maximum atomic E-state index is 11.0. The van der Waals surface area contributed by atoms with Gasteiger partial charge in [0.05, 0.1) is 5.92 Å². The van der Waals surface area contributed by atoms with Gasteiger partial charge in [0.15, 0.2) is 0 Å². The third kappa shape index (κ3) is 11.3. The van der Waals surface area contributed by atoms with E-state index in [-0.39, 0.29) is 5.92 Å². The molecule has 1 aliphatic rings. The van der Waals surface area contributed by atoms with Crippen molar-refractivity contribution in [1.82, 2.24) is 4.90 Å². The minimum atomic E-state index is -0.701. The van der Waals surface area contributed by atoms with E-state index in [2.05, 4.69) is 62.6 Å². The normalized spacial score (nSPS) is 14.1. The molecule has 38 heavy (non-hydrogen) atoms. The second-order valence-electron chi connectivity index (χ2n) is 10.1. The fraction of sp³-hybridized carbons (Fsp3) is 0.500. The number of aromatic hydroxyl groups is 1. The van der Waals surface area contributed by atoms with Crippen molar-refractivity contribution < 1.29 is 15.0 Å². The minimum Gasteiger partial charge on any atom is -0.507 e. The van der Waals surface area contributed by atoms with Crippen molar-refractivity contribution in [1.29, 1.82) is 0 Å². The highest BCUT2D eigenvalue weighted by molar-refractivity contribution is 5.74. The lowest BCUT2D eigenvalue weighted by atomic mass is 9.94. The molecule has 1 heterocycles. The predicted octanol–water partition coefficient (Wildman–Crippen LogP) is 8.75. The highest BCUT2D eigenvalue weighted by atomic mass is 16.4. The van der Waals surface area contributed by atoms with E-state index >= 15 is 0 Å². The summed E-state index contributed by atoms with van der Waals surface area (Å²) in [5.74, 6) is 0.0546. The standard InChI is InChI=1S/C30H39NO3.2C2H6/c1-21(2)6-5-7-22(3)8-9-24-11-15-29(32)27(17-24)14-13-26-12-10-25(16-23(26)4)18-31-19-28(20-31)30(33)34;2*1-2/h10-17,22,28,32H,1,5-9,18-20H2,2-4H3,(H,33,34);2*1-2H3/b14-13+;;. The zero-order chi connectivity index (χ0) is 28.7. The molecular formula is C34H51NO3. The number of hydrogen-bond donors (Lipinski definition) is 2. The van der Waals surface area contributed by atoms with E-state index in [9.17, 15) is 9.90 Å². The summed E-state index contributed by atoms with van der Waals surface area (Å²) in [6.45, 7) is 20.5. The van der Waals surface area contributed by atoms with Gasteiger partial charge in [0.1, 0.15) is 5.75 Å². The van der Waals surface area contributed by atoms with Crippen LogP contribution in [0.1, 0.15) is 95.0 Å². The van der Waals surface area contributed by atoms with Crippen molar-refractivity contribution in [2.45, 2.75) is 87.1 Å². The van der Waals surface area contributed by atoms with Gasteiger partial charge in [-0.1, -0.05) is 83.0 Å². The molecule has 0 spiro atoms. The van der Waals surface area contributed by atoms with Crippen LogP contribution in [0.5, 0.6) is 5.75 Å². The smallest absolute Gasteiger partial charge is 0.309 e. The number of hydrogen-bond acceptors (Lipinski definition) is 3. The number of carbonyl (C=O) groups is 1. The average Bonchev–Trinajstić information content (AvgIpc) is 2.87. The number of carboxylic acid groups (broad SMARTS) is 1. The molecule has 0 aromatic heterocycles. The number of phenolic OH excluding ortho intramolecular Hbond substituents is 1. The molecule has 0 aliphatic carbocycles. The zero-order valence-corrected chi connectivity index (χ0v) is 24.9. The van der Waals surface area contributed by atoms with Gasteiger partial charge in [-0.25, -0.2) is 0 Å². The fourth-order valence-electron chi connectivity index (χ4n) is 4.52. The largest absolute Gasteiger partial charge is 0.507 e. The predicted molar refractivity (Wildman–Crippen MR) is 163 cm³/mol. The molecule has 4 heteroatoms. The molecule has 0 amide bonds. The Morgan fingerprint density at radius 1 is 1.03 bits per heavy atom. The number of likely N-dealkylation sites (tertiary alicyclic amines) is 1. The molecule has 2 aromatic rings. The van der Waals surface area contributed by atoms with Crippen LogP contribution in [0.15, 0.2) is 48.6 Å². The number of aryl methyl sites for hydroxylation is 2. The van der Waals surface area contributed by atoms with E-state index in [0.717, 1.165) is 36.9 Å². The number of rotatable bonds is 12. The maximum Gasteiger partial charge on any atom is 0.309 e. The van der Waals surface area contributed by atoms with E-state index in [1.54, 1.807) is 6.07 Å². The van der Waals surface area contributed by atoms with Gasteiger partial charge in [-0.15, -0.1) is 6.58 Å². The second-order valence-corrected chi connectivity index (χ2v) is 10.1. The molecule has 1 atom stereocenters. The van der Waals surface area contributed by atoms with E-state index < -0.39 is 5.97 Å². The van der Waals surface area contributed by atoms with Gasteiger partial charge in [-0.2, -0.15) is 0 Å². The highest BCUT2D eigenvalue weighted by Crippen LogP contribution is 2.25. The topological polar surface area (TPSA) is 60.8 Å². The summed E-state index contributed by atoms with van der Waals surface area (Å²) in [4.78, 5) is 13.1. The third-order valence-electron chi connectivity index (χ3n) is 6.81. The van der Waals surface area contributed by atoms with Gasteiger partial charge in [0, 0.05) is 25.2 Å². The summed E-state index contributed by atoms with van der Waals surface area (Å²) >= 11 is 0. The van der Waals surface area contributed by atoms with Crippen molar-refractivity contribution in [3.63, 3.8) is 0 Å². The SMILES string of the molecule is C=C(C)CCCC(C)CCc1ccc(O)c(/C=C/c2ccc(CN3CC(C(=O)O)C3)cc2C)c1.CC.CC.